The number of nitrogens with one attached hydrogen (secondary N) is 1. The Kier molecular flexibility index (Phi) is 9.02. The van der Waals surface area contributed by atoms with Gasteiger partial charge < -0.3 is 14.8 Å². The molecule has 1 N–H and O–H groups in total. The zero-order valence-corrected chi connectivity index (χ0v) is 20.6. The molecular formula is C25H27N3O6S. The van der Waals surface area contributed by atoms with Crippen molar-refractivity contribution in [1.82, 2.24) is 10.3 Å². The first-order valence-corrected chi connectivity index (χ1v) is 12.3. The summed E-state index contributed by atoms with van der Waals surface area (Å²) in [4.78, 5) is 41.3. The molecule has 2 heterocycles. The van der Waals surface area contributed by atoms with E-state index in [0.717, 1.165) is 5.56 Å². The van der Waals surface area contributed by atoms with E-state index in [2.05, 4.69) is 10.3 Å². The number of carbonyl (C=O) groups excluding carboxylic acids is 2. The molecule has 1 atom stereocenters. The van der Waals surface area contributed by atoms with Crippen molar-refractivity contribution >= 4 is 29.4 Å². The summed E-state index contributed by atoms with van der Waals surface area (Å²) in [5, 5.41) is 14.7. The summed E-state index contributed by atoms with van der Waals surface area (Å²) >= 11 is 1.56. The van der Waals surface area contributed by atoms with Gasteiger partial charge >= 0.3 is 11.9 Å². The highest BCUT2D eigenvalue weighted by Crippen LogP contribution is 2.41. The Bertz CT molecular complexity index is 1160. The van der Waals surface area contributed by atoms with Crippen LogP contribution in [0.3, 0.4) is 0 Å². The van der Waals surface area contributed by atoms with Gasteiger partial charge in [0.2, 0.25) is 0 Å². The van der Waals surface area contributed by atoms with Crippen LogP contribution in [0.4, 0.5) is 5.69 Å². The molecule has 3 rings (SSSR count). The van der Waals surface area contributed by atoms with E-state index in [4.69, 9.17) is 9.47 Å². The van der Waals surface area contributed by atoms with Crippen LogP contribution in [0.1, 0.15) is 37.8 Å². The standard InChI is InChI=1S/C25H27N3O6S/c1-4-33-24(29)21-16(3)27-20(15-35-14-17-8-7-11-26-13-17)23(25(30)34-5-2)22(21)18-9-6-10-19(12-18)28(31)32/h6-13,22,27H,4-5,14-15H2,1-3H3. The molecule has 0 fully saturated rings. The molecule has 1 aromatic heterocycles. The fraction of sp³-hybridized carbons (Fsp3) is 0.320. The third-order valence-corrected chi connectivity index (χ3v) is 6.32. The van der Waals surface area contributed by atoms with Crippen molar-refractivity contribution in [3.05, 3.63) is 92.6 Å². The zero-order valence-electron chi connectivity index (χ0n) is 19.8. The molecule has 0 saturated heterocycles. The SMILES string of the molecule is CCOC(=O)C1=C(C)NC(CSCc2cccnc2)=C(C(=O)OCC)C1c1cccc([N+](=O)[O-])c1. The first-order chi connectivity index (χ1) is 16.9. The van der Waals surface area contributed by atoms with Gasteiger partial charge in [-0.2, -0.15) is 11.8 Å². The van der Waals surface area contributed by atoms with E-state index in [-0.39, 0.29) is 30.0 Å². The van der Waals surface area contributed by atoms with Crippen molar-refractivity contribution in [2.75, 3.05) is 19.0 Å². The molecule has 1 aliphatic heterocycles. The van der Waals surface area contributed by atoms with Crippen LogP contribution in [-0.4, -0.2) is 40.8 Å². The van der Waals surface area contributed by atoms with Crippen LogP contribution in [0.2, 0.25) is 0 Å². The van der Waals surface area contributed by atoms with Gasteiger partial charge in [-0.1, -0.05) is 18.2 Å². The average molecular weight is 498 g/mol. The van der Waals surface area contributed by atoms with Gasteiger partial charge in [0.15, 0.2) is 0 Å². The van der Waals surface area contributed by atoms with Gasteiger partial charge in [0.05, 0.1) is 35.2 Å². The number of thioether (sulfide) groups is 1. The fourth-order valence-electron chi connectivity index (χ4n) is 3.85. The lowest BCUT2D eigenvalue weighted by atomic mass is 9.80. The fourth-order valence-corrected chi connectivity index (χ4v) is 4.79. The molecule has 184 valence electrons. The number of carbonyl (C=O) groups is 2. The maximum absolute atomic E-state index is 13.2. The van der Waals surface area contributed by atoms with Gasteiger partial charge in [0, 0.05) is 47.4 Å². The normalized spacial score (nSPS) is 15.5. The number of rotatable bonds is 10. The second-order valence-electron chi connectivity index (χ2n) is 7.64. The smallest absolute Gasteiger partial charge is 0.336 e. The number of esters is 2. The molecule has 0 saturated carbocycles. The highest BCUT2D eigenvalue weighted by atomic mass is 32.2. The zero-order chi connectivity index (χ0) is 25.4. The van der Waals surface area contributed by atoms with E-state index in [1.165, 1.54) is 18.2 Å². The molecule has 35 heavy (non-hydrogen) atoms. The molecule has 9 nitrogen and oxygen atoms in total. The van der Waals surface area contributed by atoms with Crippen molar-refractivity contribution in [3.8, 4) is 0 Å². The highest BCUT2D eigenvalue weighted by molar-refractivity contribution is 7.98. The molecule has 0 radical (unpaired) electrons. The lowest BCUT2D eigenvalue weighted by Gasteiger charge is -2.31. The van der Waals surface area contributed by atoms with Crippen LogP contribution in [0.15, 0.2) is 71.3 Å². The number of nitrogens with zero attached hydrogens (tertiary/aromatic N) is 2. The molecular weight excluding hydrogens is 470 g/mol. The number of dihydropyridines is 1. The van der Waals surface area contributed by atoms with Gasteiger partial charge in [0.1, 0.15) is 0 Å². The van der Waals surface area contributed by atoms with Gasteiger partial charge in [-0.05, 0) is 38.0 Å². The minimum Gasteiger partial charge on any atom is -0.463 e. The van der Waals surface area contributed by atoms with E-state index in [0.29, 0.717) is 28.5 Å². The molecule has 0 amide bonds. The Balaban J connectivity index is 2.09. The topological polar surface area (TPSA) is 121 Å². The Morgan fingerprint density at radius 3 is 2.43 bits per heavy atom. The Labute approximate surface area is 207 Å². The van der Waals surface area contributed by atoms with Crippen molar-refractivity contribution in [2.24, 2.45) is 0 Å². The third kappa shape index (κ3) is 6.27. The first-order valence-electron chi connectivity index (χ1n) is 11.1. The number of ether oxygens (including phenoxy) is 2. The Morgan fingerprint density at radius 1 is 1.09 bits per heavy atom. The molecule has 2 aromatic rings. The Morgan fingerprint density at radius 2 is 1.80 bits per heavy atom. The number of non-ortho nitro benzene ring substituents is 1. The van der Waals surface area contributed by atoms with Crippen LogP contribution < -0.4 is 5.32 Å². The van der Waals surface area contributed by atoms with Crippen LogP contribution in [0, 0.1) is 10.1 Å². The van der Waals surface area contributed by atoms with Crippen LogP contribution in [-0.2, 0) is 24.8 Å². The van der Waals surface area contributed by atoms with E-state index in [1.807, 2.05) is 12.1 Å². The van der Waals surface area contributed by atoms with Gasteiger partial charge in [-0.3, -0.25) is 15.1 Å². The van der Waals surface area contributed by atoms with Crippen molar-refractivity contribution in [1.29, 1.82) is 0 Å². The van der Waals surface area contributed by atoms with Crippen molar-refractivity contribution < 1.29 is 24.0 Å². The predicted octanol–water partition coefficient (Wildman–Crippen LogP) is 4.26. The van der Waals surface area contributed by atoms with E-state index < -0.39 is 22.8 Å². The summed E-state index contributed by atoms with van der Waals surface area (Å²) in [6, 6.07) is 9.76. The number of nitro benzene ring substituents is 1. The molecule has 1 aromatic carbocycles. The average Bonchev–Trinajstić information content (AvgIpc) is 2.84. The largest absolute Gasteiger partial charge is 0.463 e. The number of hydrogen-bond donors (Lipinski definition) is 1. The van der Waals surface area contributed by atoms with Gasteiger partial charge in [0.25, 0.3) is 5.69 Å². The molecule has 10 heteroatoms. The molecule has 1 unspecified atom stereocenters. The number of allylic oxidation sites excluding steroid dienone is 1. The number of hydrogen-bond acceptors (Lipinski definition) is 9. The summed E-state index contributed by atoms with van der Waals surface area (Å²) in [7, 11) is 0. The maximum Gasteiger partial charge on any atom is 0.336 e. The number of aromatic nitrogens is 1. The molecule has 0 bridgehead atoms. The summed E-state index contributed by atoms with van der Waals surface area (Å²) in [5.41, 5.74) is 2.88. The number of nitro groups is 1. The second kappa shape index (κ2) is 12.2. The van der Waals surface area contributed by atoms with E-state index >= 15 is 0 Å². The monoisotopic (exact) mass is 497 g/mol. The molecule has 0 spiro atoms. The van der Waals surface area contributed by atoms with Gasteiger partial charge in [-0.15, -0.1) is 0 Å². The quantitative estimate of drug-likeness (QED) is 0.291. The highest BCUT2D eigenvalue weighted by Gasteiger charge is 2.39. The minimum absolute atomic E-state index is 0.136. The van der Waals surface area contributed by atoms with Gasteiger partial charge in [-0.25, -0.2) is 9.59 Å². The van der Waals surface area contributed by atoms with E-state index in [1.54, 1.807) is 51.0 Å². The predicted molar refractivity (Wildman–Crippen MR) is 132 cm³/mol. The third-order valence-electron chi connectivity index (χ3n) is 5.29. The lowest BCUT2D eigenvalue weighted by molar-refractivity contribution is -0.384. The van der Waals surface area contributed by atoms with Crippen LogP contribution in [0.25, 0.3) is 0 Å². The second-order valence-corrected chi connectivity index (χ2v) is 8.62. The summed E-state index contributed by atoms with van der Waals surface area (Å²) in [6.45, 7) is 5.39. The summed E-state index contributed by atoms with van der Waals surface area (Å²) in [5.74, 6) is -1.00. The van der Waals surface area contributed by atoms with Crippen molar-refractivity contribution in [3.63, 3.8) is 0 Å². The maximum atomic E-state index is 13.2. The summed E-state index contributed by atoms with van der Waals surface area (Å²) < 4.78 is 10.7. The van der Waals surface area contributed by atoms with Crippen molar-refractivity contribution in [2.45, 2.75) is 32.4 Å². The first kappa shape index (κ1) is 26.0. The van der Waals surface area contributed by atoms with Crippen LogP contribution in [0.5, 0.6) is 0 Å². The summed E-state index contributed by atoms with van der Waals surface area (Å²) in [6.07, 6.45) is 3.48. The number of pyridine rings is 1. The minimum atomic E-state index is -0.886. The lowest BCUT2D eigenvalue weighted by Crippen LogP contribution is -2.34. The number of benzene rings is 1. The Hall–Kier alpha value is -3.66. The van der Waals surface area contributed by atoms with Crippen LogP contribution >= 0.6 is 11.8 Å². The molecule has 1 aliphatic rings. The van der Waals surface area contributed by atoms with E-state index in [9.17, 15) is 19.7 Å². The molecule has 0 aliphatic carbocycles.